The van der Waals surface area contributed by atoms with Crippen molar-refractivity contribution in [3.63, 3.8) is 0 Å². The van der Waals surface area contributed by atoms with Gasteiger partial charge in [-0.25, -0.2) is 0 Å². The van der Waals surface area contributed by atoms with Crippen LogP contribution in [0.2, 0.25) is 0 Å². The minimum atomic E-state index is 0.0288. The lowest BCUT2D eigenvalue weighted by Crippen LogP contribution is -2.08. The topological polar surface area (TPSA) is 81.2 Å². The van der Waals surface area contributed by atoms with Crippen LogP contribution < -0.4 is 4.74 Å². The minimum Gasteiger partial charge on any atom is -0.494 e. The molecule has 0 radical (unpaired) electrons. The second-order valence-corrected chi connectivity index (χ2v) is 5.19. The molecule has 24 heavy (non-hydrogen) atoms. The van der Waals surface area contributed by atoms with E-state index >= 15 is 0 Å². The molecule has 1 aromatic carbocycles. The number of unbranched alkanes of at least 4 members (excludes halogenated alkanes) is 1. The lowest BCUT2D eigenvalue weighted by atomic mass is 10.3. The van der Waals surface area contributed by atoms with Crippen molar-refractivity contribution in [2.45, 2.75) is 26.3 Å². The fraction of sp³-hybridized carbons (Fsp3) is 0.471. The molecule has 2 rings (SSSR count). The van der Waals surface area contributed by atoms with Gasteiger partial charge in [-0.15, -0.1) is 5.11 Å². The molecular weight excluding hydrogens is 308 g/mol. The number of aromatic nitrogens is 2. The van der Waals surface area contributed by atoms with E-state index in [0.717, 1.165) is 30.9 Å². The van der Waals surface area contributed by atoms with Gasteiger partial charge in [0.05, 0.1) is 51.1 Å². The number of azo groups is 1. The second-order valence-electron chi connectivity index (χ2n) is 5.19. The Bertz CT molecular complexity index is 611. The van der Waals surface area contributed by atoms with Crippen molar-refractivity contribution in [2.75, 3.05) is 26.4 Å². The molecule has 0 aliphatic rings. The van der Waals surface area contributed by atoms with E-state index in [1.165, 1.54) is 0 Å². The van der Waals surface area contributed by atoms with Crippen molar-refractivity contribution in [3.8, 4) is 5.75 Å². The van der Waals surface area contributed by atoms with Crippen LogP contribution in [0.1, 0.15) is 19.8 Å². The molecular formula is C17H24N4O3. The molecule has 0 unspecified atom stereocenters. The first-order valence-electron chi connectivity index (χ1n) is 8.17. The van der Waals surface area contributed by atoms with Gasteiger partial charge in [-0.2, -0.15) is 10.2 Å². The number of hydrogen-bond acceptors (Lipinski definition) is 6. The summed E-state index contributed by atoms with van der Waals surface area (Å²) in [5.41, 5.74) is 1.44. The lowest BCUT2D eigenvalue weighted by molar-refractivity contribution is 0.0854. The third kappa shape index (κ3) is 6.47. The Hall–Kier alpha value is -2.25. The van der Waals surface area contributed by atoms with Gasteiger partial charge in [0.15, 0.2) is 0 Å². The average Bonchev–Trinajstić information content (AvgIpc) is 3.06. The van der Waals surface area contributed by atoms with E-state index in [1.54, 1.807) is 17.1 Å². The number of aliphatic hydroxyl groups excluding tert-OH is 1. The van der Waals surface area contributed by atoms with E-state index in [-0.39, 0.29) is 6.61 Å². The molecule has 1 N–H and O–H groups in total. The number of ether oxygens (including phenoxy) is 2. The van der Waals surface area contributed by atoms with E-state index in [2.05, 4.69) is 22.3 Å². The van der Waals surface area contributed by atoms with Crippen molar-refractivity contribution < 1.29 is 14.6 Å². The molecule has 130 valence electrons. The number of aliphatic hydroxyl groups is 1. The first-order chi connectivity index (χ1) is 11.8. The van der Waals surface area contributed by atoms with Crippen molar-refractivity contribution >= 4 is 11.4 Å². The maximum atomic E-state index is 8.63. The van der Waals surface area contributed by atoms with Gasteiger partial charge in [0, 0.05) is 0 Å². The summed E-state index contributed by atoms with van der Waals surface area (Å²) in [4.78, 5) is 0. The molecule has 0 aliphatic carbocycles. The Morgan fingerprint density at radius 3 is 2.62 bits per heavy atom. The molecule has 0 saturated carbocycles. The van der Waals surface area contributed by atoms with Gasteiger partial charge in [-0.3, -0.25) is 4.68 Å². The SMILES string of the molecule is CCCCOc1ccc(N=Nc2cnn(CCOCCO)c2)cc1. The summed E-state index contributed by atoms with van der Waals surface area (Å²) in [7, 11) is 0. The largest absolute Gasteiger partial charge is 0.494 e. The first kappa shape index (κ1) is 18.1. The lowest BCUT2D eigenvalue weighted by Gasteiger charge is -2.04. The van der Waals surface area contributed by atoms with Crippen LogP contribution in [0.25, 0.3) is 0 Å². The molecule has 0 amide bonds. The predicted molar refractivity (Wildman–Crippen MR) is 91.2 cm³/mol. The van der Waals surface area contributed by atoms with Crippen LogP contribution in [-0.4, -0.2) is 41.3 Å². The molecule has 1 heterocycles. The van der Waals surface area contributed by atoms with E-state index in [0.29, 0.717) is 25.4 Å². The van der Waals surface area contributed by atoms with E-state index in [4.69, 9.17) is 14.6 Å². The zero-order valence-electron chi connectivity index (χ0n) is 14.0. The third-order valence-electron chi connectivity index (χ3n) is 3.20. The summed E-state index contributed by atoms with van der Waals surface area (Å²) in [6.07, 6.45) is 5.62. The van der Waals surface area contributed by atoms with Gasteiger partial charge in [-0.1, -0.05) is 13.3 Å². The fourth-order valence-corrected chi connectivity index (χ4v) is 1.91. The molecule has 0 spiro atoms. The molecule has 0 atom stereocenters. The number of hydrogen-bond donors (Lipinski definition) is 1. The molecule has 7 heteroatoms. The summed E-state index contributed by atoms with van der Waals surface area (Å²) >= 11 is 0. The van der Waals surface area contributed by atoms with Crippen LogP contribution in [0.5, 0.6) is 5.75 Å². The highest BCUT2D eigenvalue weighted by molar-refractivity contribution is 5.41. The Morgan fingerprint density at radius 1 is 1.08 bits per heavy atom. The van der Waals surface area contributed by atoms with Crippen molar-refractivity contribution in [1.82, 2.24) is 9.78 Å². The number of nitrogens with zero attached hydrogens (tertiary/aromatic N) is 4. The highest BCUT2D eigenvalue weighted by Gasteiger charge is 1.98. The minimum absolute atomic E-state index is 0.0288. The number of rotatable bonds is 11. The standard InChI is InChI=1S/C17H24N4O3/c1-2-3-10-24-17-6-4-15(5-7-17)19-20-16-13-18-21(14-16)8-11-23-12-9-22/h4-7,13-14,22H,2-3,8-12H2,1H3. The molecule has 0 fully saturated rings. The average molecular weight is 332 g/mol. The molecule has 0 bridgehead atoms. The highest BCUT2D eigenvalue weighted by atomic mass is 16.5. The van der Waals surface area contributed by atoms with Crippen LogP contribution in [0.3, 0.4) is 0 Å². The van der Waals surface area contributed by atoms with E-state index in [1.807, 2.05) is 24.3 Å². The van der Waals surface area contributed by atoms with Gasteiger partial charge >= 0.3 is 0 Å². The van der Waals surface area contributed by atoms with Crippen molar-refractivity contribution in [2.24, 2.45) is 10.2 Å². The molecule has 0 saturated heterocycles. The summed E-state index contributed by atoms with van der Waals surface area (Å²) in [6, 6.07) is 7.54. The monoisotopic (exact) mass is 332 g/mol. The van der Waals surface area contributed by atoms with Crippen molar-refractivity contribution in [3.05, 3.63) is 36.7 Å². The Morgan fingerprint density at radius 2 is 1.88 bits per heavy atom. The summed E-state index contributed by atoms with van der Waals surface area (Å²) in [6.45, 7) is 4.35. The van der Waals surface area contributed by atoms with Crippen LogP contribution in [0.4, 0.5) is 11.4 Å². The highest BCUT2D eigenvalue weighted by Crippen LogP contribution is 2.21. The van der Waals surface area contributed by atoms with Crippen LogP contribution in [-0.2, 0) is 11.3 Å². The molecule has 1 aromatic heterocycles. The summed E-state index contributed by atoms with van der Waals surface area (Å²) < 4.78 is 12.5. The van der Waals surface area contributed by atoms with Crippen molar-refractivity contribution in [1.29, 1.82) is 0 Å². The fourth-order valence-electron chi connectivity index (χ4n) is 1.91. The zero-order valence-corrected chi connectivity index (χ0v) is 14.0. The first-order valence-corrected chi connectivity index (χ1v) is 8.17. The predicted octanol–water partition coefficient (Wildman–Crippen LogP) is 3.49. The number of benzene rings is 1. The van der Waals surface area contributed by atoms with Gasteiger partial charge < -0.3 is 14.6 Å². The van der Waals surface area contributed by atoms with Crippen LogP contribution >= 0.6 is 0 Å². The van der Waals surface area contributed by atoms with E-state index < -0.39 is 0 Å². The summed E-state index contributed by atoms with van der Waals surface area (Å²) in [5, 5.41) is 21.2. The molecule has 2 aromatic rings. The van der Waals surface area contributed by atoms with Gasteiger partial charge in [0.1, 0.15) is 11.4 Å². The van der Waals surface area contributed by atoms with Gasteiger partial charge in [0.25, 0.3) is 0 Å². The quantitative estimate of drug-likeness (QED) is 0.504. The van der Waals surface area contributed by atoms with Gasteiger partial charge in [-0.05, 0) is 30.7 Å². The maximum absolute atomic E-state index is 8.63. The molecule has 7 nitrogen and oxygen atoms in total. The normalized spacial score (nSPS) is 11.2. The third-order valence-corrected chi connectivity index (χ3v) is 3.20. The Labute approximate surface area is 141 Å². The second kappa shape index (κ2) is 10.5. The maximum Gasteiger partial charge on any atom is 0.124 e. The van der Waals surface area contributed by atoms with Crippen LogP contribution in [0.15, 0.2) is 46.9 Å². The smallest absolute Gasteiger partial charge is 0.124 e. The summed E-state index contributed by atoms with van der Waals surface area (Å²) in [5.74, 6) is 0.845. The van der Waals surface area contributed by atoms with Gasteiger partial charge in [0.2, 0.25) is 0 Å². The van der Waals surface area contributed by atoms with Crippen LogP contribution in [0, 0.1) is 0 Å². The zero-order chi connectivity index (χ0) is 17.0. The van der Waals surface area contributed by atoms with E-state index in [9.17, 15) is 0 Å². The molecule has 0 aliphatic heterocycles. The Kier molecular flexibility index (Phi) is 7.92. The Balaban J connectivity index is 1.81.